The molecule has 0 aliphatic carbocycles. The number of hydrogen-bond acceptors (Lipinski definition) is 5. The van der Waals surface area contributed by atoms with E-state index in [0.29, 0.717) is 17.3 Å². The number of nitrogens with zero attached hydrogens (tertiary/aromatic N) is 4. The molecular formula is C15H17ClN6. The van der Waals surface area contributed by atoms with Gasteiger partial charge in [-0.15, -0.1) is 10.2 Å². The van der Waals surface area contributed by atoms with Gasteiger partial charge in [-0.25, -0.2) is 0 Å². The number of halogens is 1. The van der Waals surface area contributed by atoms with Crippen LogP contribution in [0.25, 0.3) is 5.65 Å². The lowest BCUT2D eigenvalue weighted by molar-refractivity contribution is 0.721. The minimum atomic E-state index is 0.211. The number of nitrogens with one attached hydrogen (secondary N) is 1. The van der Waals surface area contributed by atoms with Gasteiger partial charge in [-0.3, -0.25) is 0 Å². The van der Waals surface area contributed by atoms with Crippen LogP contribution in [0, 0.1) is 0 Å². The number of fused-ring (bicyclic) bond motifs is 1. The summed E-state index contributed by atoms with van der Waals surface area (Å²) in [4.78, 5) is 0. The molecule has 0 fully saturated rings. The lowest BCUT2D eigenvalue weighted by Crippen LogP contribution is -2.06. The molecule has 0 aliphatic heterocycles. The van der Waals surface area contributed by atoms with Crippen LogP contribution in [0.5, 0.6) is 0 Å². The fraction of sp³-hybridized carbons (Fsp3) is 0.267. The molecule has 1 aromatic carbocycles. The first kappa shape index (κ1) is 14.6. The van der Waals surface area contributed by atoms with Gasteiger partial charge < -0.3 is 11.1 Å². The summed E-state index contributed by atoms with van der Waals surface area (Å²) >= 11 is 6.12. The minimum Gasteiger partial charge on any atom is -0.399 e. The molecule has 0 aliphatic rings. The topological polar surface area (TPSA) is 81.1 Å². The Hall–Kier alpha value is -2.34. The lowest BCUT2D eigenvalue weighted by Gasteiger charge is -2.09. The first-order valence-corrected chi connectivity index (χ1v) is 7.42. The lowest BCUT2D eigenvalue weighted by atomic mass is 10.2. The van der Waals surface area contributed by atoms with Gasteiger partial charge in [0, 0.05) is 24.2 Å². The van der Waals surface area contributed by atoms with Crippen LogP contribution in [0.2, 0.25) is 5.15 Å². The maximum atomic E-state index is 6.12. The molecule has 7 heteroatoms. The standard InChI is InChI=1S/C15H17ClN6/c1-9(2)14-19-20-15-12(7-13(16)21-22(14)15)18-8-10-4-3-5-11(17)6-10/h3-7,9,18H,8,17H2,1-2H3. The molecule has 0 radical (unpaired) electrons. The zero-order valence-electron chi connectivity index (χ0n) is 12.4. The third-order valence-corrected chi connectivity index (χ3v) is 3.50. The maximum Gasteiger partial charge on any atom is 0.201 e. The molecule has 3 aromatic rings. The molecule has 0 spiro atoms. The highest BCUT2D eigenvalue weighted by Gasteiger charge is 2.14. The first-order chi connectivity index (χ1) is 10.5. The van der Waals surface area contributed by atoms with Gasteiger partial charge in [0.2, 0.25) is 5.65 Å². The minimum absolute atomic E-state index is 0.211. The molecule has 0 amide bonds. The summed E-state index contributed by atoms with van der Waals surface area (Å²) in [7, 11) is 0. The van der Waals surface area contributed by atoms with Crippen LogP contribution in [0.3, 0.4) is 0 Å². The van der Waals surface area contributed by atoms with E-state index in [9.17, 15) is 0 Å². The monoisotopic (exact) mass is 316 g/mol. The summed E-state index contributed by atoms with van der Waals surface area (Å²) in [5, 5.41) is 16.4. The van der Waals surface area contributed by atoms with Crippen LogP contribution < -0.4 is 11.1 Å². The number of aromatic nitrogens is 4. The summed E-state index contributed by atoms with van der Waals surface area (Å²) in [5.41, 5.74) is 9.07. The molecule has 0 bridgehead atoms. The second-order valence-electron chi connectivity index (χ2n) is 5.43. The molecule has 2 heterocycles. The molecule has 3 rings (SSSR count). The Kier molecular flexibility index (Phi) is 3.85. The number of rotatable bonds is 4. The van der Waals surface area contributed by atoms with E-state index in [1.807, 2.05) is 38.1 Å². The number of benzene rings is 1. The van der Waals surface area contributed by atoms with Crippen molar-refractivity contribution in [2.24, 2.45) is 0 Å². The number of nitrogen functional groups attached to an aromatic ring is 1. The molecule has 0 atom stereocenters. The summed E-state index contributed by atoms with van der Waals surface area (Å²) < 4.78 is 1.69. The van der Waals surface area contributed by atoms with Crippen molar-refractivity contribution in [3.05, 3.63) is 46.9 Å². The highest BCUT2D eigenvalue weighted by atomic mass is 35.5. The highest BCUT2D eigenvalue weighted by molar-refractivity contribution is 6.29. The summed E-state index contributed by atoms with van der Waals surface area (Å²) in [5.74, 6) is 0.993. The van der Waals surface area contributed by atoms with Crippen LogP contribution in [0.1, 0.15) is 31.2 Å². The second-order valence-corrected chi connectivity index (χ2v) is 5.81. The van der Waals surface area contributed by atoms with Gasteiger partial charge in [-0.1, -0.05) is 37.6 Å². The van der Waals surface area contributed by atoms with Gasteiger partial charge in [0.05, 0.1) is 5.69 Å². The number of anilines is 2. The molecule has 0 saturated carbocycles. The molecule has 0 saturated heterocycles. The van der Waals surface area contributed by atoms with Crippen molar-refractivity contribution in [3.8, 4) is 0 Å². The fourth-order valence-electron chi connectivity index (χ4n) is 2.26. The van der Waals surface area contributed by atoms with Gasteiger partial charge in [0.15, 0.2) is 11.0 Å². The van der Waals surface area contributed by atoms with Crippen molar-refractivity contribution in [1.82, 2.24) is 19.8 Å². The zero-order valence-corrected chi connectivity index (χ0v) is 13.2. The van der Waals surface area contributed by atoms with E-state index in [-0.39, 0.29) is 5.92 Å². The Morgan fingerprint density at radius 3 is 2.82 bits per heavy atom. The Balaban J connectivity index is 1.93. The summed E-state index contributed by atoms with van der Waals surface area (Å²) in [6.45, 7) is 4.70. The van der Waals surface area contributed by atoms with E-state index in [4.69, 9.17) is 17.3 Å². The van der Waals surface area contributed by atoms with Gasteiger partial charge in [-0.05, 0) is 17.7 Å². The Morgan fingerprint density at radius 2 is 2.09 bits per heavy atom. The largest absolute Gasteiger partial charge is 0.399 e. The third kappa shape index (κ3) is 2.82. The number of hydrogen-bond donors (Lipinski definition) is 2. The molecular weight excluding hydrogens is 300 g/mol. The van der Waals surface area contributed by atoms with E-state index >= 15 is 0 Å². The van der Waals surface area contributed by atoms with Crippen molar-refractivity contribution in [2.75, 3.05) is 11.1 Å². The van der Waals surface area contributed by atoms with Crippen molar-refractivity contribution in [2.45, 2.75) is 26.3 Å². The van der Waals surface area contributed by atoms with Crippen LogP contribution in [0.4, 0.5) is 11.4 Å². The van der Waals surface area contributed by atoms with Gasteiger partial charge in [0.25, 0.3) is 0 Å². The van der Waals surface area contributed by atoms with Gasteiger partial charge >= 0.3 is 0 Å². The Bertz CT molecular complexity index is 811. The molecule has 6 nitrogen and oxygen atoms in total. The van der Waals surface area contributed by atoms with Gasteiger partial charge in [0.1, 0.15) is 0 Å². The van der Waals surface area contributed by atoms with E-state index < -0.39 is 0 Å². The van der Waals surface area contributed by atoms with E-state index in [0.717, 1.165) is 22.8 Å². The van der Waals surface area contributed by atoms with Crippen molar-refractivity contribution in [1.29, 1.82) is 0 Å². The van der Waals surface area contributed by atoms with Crippen LogP contribution in [0.15, 0.2) is 30.3 Å². The van der Waals surface area contributed by atoms with E-state index in [2.05, 4.69) is 20.6 Å². The number of nitrogens with two attached hydrogens (primary N) is 1. The average Bonchev–Trinajstić information content (AvgIpc) is 2.88. The van der Waals surface area contributed by atoms with Crippen LogP contribution >= 0.6 is 11.6 Å². The van der Waals surface area contributed by atoms with E-state index in [1.54, 1.807) is 10.6 Å². The Labute approximate surface area is 133 Å². The van der Waals surface area contributed by atoms with E-state index in [1.165, 1.54) is 0 Å². The zero-order chi connectivity index (χ0) is 15.7. The molecule has 2 aromatic heterocycles. The Morgan fingerprint density at radius 1 is 1.27 bits per heavy atom. The molecule has 114 valence electrons. The molecule has 3 N–H and O–H groups in total. The van der Waals surface area contributed by atoms with Crippen LogP contribution in [-0.4, -0.2) is 19.8 Å². The fourth-order valence-corrected chi connectivity index (χ4v) is 2.44. The second kappa shape index (κ2) is 5.81. The highest BCUT2D eigenvalue weighted by Crippen LogP contribution is 2.22. The summed E-state index contributed by atoms with van der Waals surface area (Å²) in [6, 6.07) is 9.47. The molecule has 0 unspecified atom stereocenters. The first-order valence-electron chi connectivity index (χ1n) is 7.04. The molecule has 22 heavy (non-hydrogen) atoms. The smallest absolute Gasteiger partial charge is 0.201 e. The van der Waals surface area contributed by atoms with Crippen LogP contribution in [-0.2, 0) is 6.54 Å². The normalized spacial score (nSPS) is 11.3. The van der Waals surface area contributed by atoms with Crippen molar-refractivity contribution < 1.29 is 0 Å². The maximum absolute atomic E-state index is 6.12. The van der Waals surface area contributed by atoms with Gasteiger partial charge in [-0.2, -0.15) is 9.61 Å². The van der Waals surface area contributed by atoms with Crippen molar-refractivity contribution >= 4 is 28.6 Å². The predicted molar refractivity (Wildman–Crippen MR) is 88.1 cm³/mol. The quantitative estimate of drug-likeness (QED) is 0.723. The SMILES string of the molecule is CC(C)c1nnc2c(NCc3cccc(N)c3)cc(Cl)nn12. The summed E-state index contributed by atoms with van der Waals surface area (Å²) in [6.07, 6.45) is 0. The average molecular weight is 317 g/mol. The van der Waals surface area contributed by atoms with Crippen molar-refractivity contribution in [3.63, 3.8) is 0 Å². The predicted octanol–water partition coefficient (Wildman–Crippen LogP) is 3.10. The third-order valence-electron chi connectivity index (χ3n) is 3.32.